The number of piperazine rings is 1. The summed E-state index contributed by atoms with van der Waals surface area (Å²) in [6.07, 6.45) is 1.86. The Labute approximate surface area is 148 Å². The van der Waals surface area contributed by atoms with Gasteiger partial charge in [0.15, 0.2) is 11.5 Å². The van der Waals surface area contributed by atoms with Crippen molar-refractivity contribution in [3.8, 4) is 6.07 Å². The maximum atomic E-state index is 12.4. The van der Waals surface area contributed by atoms with Crippen LogP contribution in [0.5, 0.6) is 0 Å². The van der Waals surface area contributed by atoms with Gasteiger partial charge in [0, 0.05) is 32.4 Å². The third-order valence-electron chi connectivity index (χ3n) is 4.80. The summed E-state index contributed by atoms with van der Waals surface area (Å²) in [6.45, 7) is 9.11. The second kappa shape index (κ2) is 7.53. The standard InChI is InChI=1S/C18H24N6O/c1-3-21(4-2)14-17(25)22-9-11-23(12-10-22)18-15(13-19)24-8-6-5-7-16(24)20-18/h5-8H,3-4,9-12,14H2,1-2H3. The molecule has 3 heterocycles. The number of nitrogens with zero attached hydrogens (tertiary/aromatic N) is 6. The van der Waals surface area contributed by atoms with E-state index in [0.717, 1.165) is 18.7 Å². The summed E-state index contributed by atoms with van der Waals surface area (Å²) in [7, 11) is 0. The van der Waals surface area contributed by atoms with Crippen molar-refractivity contribution in [3.63, 3.8) is 0 Å². The molecule has 1 saturated heterocycles. The quantitative estimate of drug-likeness (QED) is 0.818. The largest absolute Gasteiger partial charge is 0.351 e. The molecule has 1 aliphatic rings. The van der Waals surface area contributed by atoms with Crippen LogP contribution in [0.15, 0.2) is 24.4 Å². The first-order valence-electron chi connectivity index (χ1n) is 8.80. The predicted octanol–water partition coefficient (Wildman–Crippen LogP) is 1.20. The number of rotatable bonds is 5. The fourth-order valence-corrected chi connectivity index (χ4v) is 3.21. The Morgan fingerprint density at radius 3 is 2.60 bits per heavy atom. The molecule has 0 unspecified atom stereocenters. The van der Waals surface area contributed by atoms with E-state index in [4.69, 9.17) is 0 Å². The summed E-state index contributed by atoms with van der Waals surface area (Å²) in [5.74, 6) is 0.892. The van der Waals surface area contributed by atoms with Crippen molar-refractivity contribution in [2.75, 3.05) is 50.7 Å². The van der Waals surface area contributed by atoms with Crippen molar-refractivity contribution < 1.29 is 4.79 Å². The van der Waals surface area contributed by atoms with Gasteiger partial charge in [-0.05, 0) is 25.2 Å². The minimum atomic E-state index is 0.179. The van der Waals surface area contributed by atoms with Gasteiger partial charge in [-0.3, -0.25) is 14.1 Å². The number of anilines is 1. The zero-order valence-corrected chi connectivity index (χ0v) is 14.9. The van der Waals surface area contributed by atoms with E-state index in [1.165, 1.54) is 0 Å². The Morgan fingerprint density at radius 1 is 1.24 bits per heavy atom. The van der Waals surface area contributed by atoms with E-state index >= 15 is 0 Å². The van der Waals surface area contributed by atoms with Crippen LogP contribution >= 0.6 is 0 Å². The van der Waals surface area contributed by atoms with Crippen molar-refractivity contribution in [3.05, 3.63) is 30.1 Å². The first-order valence-corrected chi connectivity index (χ1v) is 8.80. The smallest absolute Gasteiger partial charge is 0.236 e. The maximum absolute atomic E-state index is 12.4. The lowest BCUT2D eigenvalue weighted by molar-refractivity contribution is -0.132. The molecule has 3 rings (SSSR count). The van der Waals surface area contributed by atoms with Gasteiger partial charge in [-0.1, -0.05) is 19.9 Å². The molecule has 1 fully saturated rings. The summed E-state index contributed by atoms with van der Waals surface area (Å²) in [6, 6.07) is 7.97. The van der Waals surface area contributed by atoms with Gasteiger partial charge in [-0.15, -0.1) is 0 Å². The topological polar surface area (TPSA) is 67.9 Å². The van der Waals surface area contributed by atoms with E-state index < -0.39 is 0 Å². The van der Waals surface area contributed by atoms with Crippen LogP contribution in [-0.2, 0) is 4.79 Å². The van der Waals surface area contributed by atoms with Gasteiger partial charge in [0.05, 0.1) is 6.54 Å². The number of aromatic nitrogens is 2. The SMILES string of the molecule is CCN(CC)CC(=O)N1CCN(c2nc3ccccn3c2C#N)CC1. The van der Waals surface area contributed by atoms with Crippen molar-refractivity contribution >= 4 is 17.4 Å². The average molecular weight is 340 g/mol. The number of carbonyl (C=O) groups is 1. The third kappa shape index (κ3) is 3.44. The van der Waals surface area contributed by atoms with E-state index in [9.17, 15) is 10.1 Å². The summed E-state index contributed by atoms with van der Waals surface area (Å²) in [5.41, 5.74) is 1.33. The number of likely N-dealkylation sites (N-methyl/N-ethyl adjacent to an activating group) is 1. The Balaban J connectivity index is 1.69. The number of hydrogen-bond donors (Lipinski definition) is 0. The summed E-state index contributed by atoms with van der Waals surface area (Å²) >= 11 is 0. The molecule has 132 valence electrons. The van der Waals surface area contributed by atoms with Crippen molar-refractivity contribution in [1.82, 2.24) is 19.2 Å². The Kier molecular flexibility index (Phi) is 5.19. The zero-order chi connectivity index (χ0) is 17.8. The lowest BCUT2D eigenvalue weighted by Gasteiger charge is -2.35. The minimum Gasteiger partial charge on any atom is -0.351 e. The van der Waals surface area contributed by atoms with Crippen molar-refractivity contribution in [2.24, 2.45) is 0 Å². The molecule has 0 bridgehead atoms. The highest BCUT2D eigenvalue weighted by atomic mass is 16.2. The number of nitriles is 1. The summed E-state index contributed by atoms with van der Waals surface area (Å²) < 4.78 is 1.81. The predicted molar refractivity (Wildman–Crippen MR) is 96.5 cm³/mol. The van der Waals surface area contributed by atoms with Crippen LogP contribution in [-0.4, -0.2) is 70.9 Å². The normalized spacial score (nSPS) is 15.0. The van der Waals surface area contributed by atoms with Gasteiger partial charge in [-0.2, -0.15) is 5.26 Å². The molecule has 0 N–H and O–H groups in total. The number of fused-ring (bicyclic) bond motifs is 1. The average Bonchev–Trinajstić information content (AvgIpc) is 3.04. The second-order valence-electron chi connectivity index (χ2n) is 6.15. The number of hydrogen-bond acceptors (Lipinski definition) is 5. The molecule has 0 saturated carbocycles. The number of pyridine rings is 1. The highest BCUT2D eigenvalue weighted by Crippen LogP contribution is 2.22. The molecule has 0 radical (unpaired) electrons. The van der Waals surface area contributed by atoms with Crippen LogP contribution in [0.3, 0.4) is 0 Å². The monoisotopic (exact) mass is 340 g/mol. The number of imidazole rings is 1. The summed E-state index contributed by atoms with van der Waals surface area (Å²) in [4.78, 5) is 23.2. The van der Waals surface area contributed by atoms with Crippen molar-refractivity contribution in [1.29, 1.82) is 5.26 Å². The Morgan fingerprint density at radius 2 is 1.96 bits per heavy atom. The lowest BCUT2D eigenvalue weighted by Crippen LogP contribution is -2.51. The van der Waals surface area contributed by atoms with Gasteiger partial charge in [0.25, 0.3) is 0 Å². The van der Waals surface area contributed by atoms with Crippen LogP contribution in [0.1, 0.15) is 19.5 Å². The van der Waals surface area contributed by atoms with E-state index in [0.29, 0.717) is 44.2 Å². The minimum absolute atomic E-state index is 0.179. The number of carbonyl (C=O) groups excluding carboxylic acids is 1. The molecule has 1 amide bonds. The number of amides is 1. The molecule has 2 aromatic rings. The molecule has 2 aromatic heterocycles. The van der Waals surface area contributed by atoms with E-state index in [1.807, 2.05) is 33.7 Å². The van der Waals surface area contributed by atoms with Crippen LogP contribution in [0.25, 0.3) is 5.65 Å². The molecule has 0 aliphatic carbocycles. The fraction of sp³-hybridized carbons (Fsp3) is 0.500. The van der Waals surface area contributed by atoms with Gasteiger partial charge in [-0.25, -0.2) is 4.98 Å². The van der Waals surface area contributed by atoms with E-state index in [2.05, 4.69) is 34.7 Å². The van der Waals surface area contributed by atoms with Gasteiger partial charge in [0.1, 0.15) is 11.7 Å². The maximum Gasteiger partial charge on any atom is 0.236 e. The highest BCUT2D eigenvalue weighted by molar-refractivity contribution is 5.78. The summed E-state index contributed by atoms with van der Waals surface area (Å²) in [5, 5.41) is 9.52. The van der Waals surface area contributed by atoms with Crippen LogP contribution in [0, 0.1) is 11.3 Å². The first-order chi connectivity index (χ1) is 12.2. The van der Waals surface area contributed by atoms with Gasteiger partial charge < -0.3 is 9.80 Å². The second-order valence-corrected chi connectivity index (χ2v) is 6.15. The molecular formula is C18H24N6O. The molecule has 0 atom stereocenters. The zero-order valence-electron chi connectivity index (χ0n) is 14.9. The molecule has 1 aliphatic heterocycles. The van der Waals surface area contributed by atoms with Gasteiger partial charge >= 0.3 is 0 Å². The van der Waals surface area contributed by atoms with Crippen molar-refractivity contribution in [2.45, 2.75) is 13.8 Å². The van der Waals surface area contributed by atoms with Crippen LogP contribution in [0.4, 0.5) is 5.82 Å². The van der Waals surface area contributed by atoms with E-state index in [-0.39, 0.29) is 5.91 Å². The molecule has 0 aromatic carbocycles. The third-order valence-corrected chi connectivity index (χ3v) is 4.80. The molecular weight excluding hydrogens is 316 g/mol. The van der Waals surface area contributed by atoms with E-state index in [1.54, 1.807) is 0 Å². The lowest BCUT2D eigenvalue weighted by atomic mass is 10.3. The Bertz CT molecular complexity index is 780. The molecule has 7 heteroatoms. The van der Waals surface area contributed by atoms with Gasteiger partial charge in [0.2, 0.25) is 5.91 Å². The molecule has 25 heavy (non-hydrogen) atoms. The Hall–Kier alpha value is -2.59. The molecule has 7 nitrogen and oxygen atoms in total. The van der Waals surface area contributed by atoms with Crippen LogP contribution < -0.4 is 4.90 Å². The van der Waals surface area contributed by atoms with Crippen LogP contribution in [0.2, 0.25) is 0 Å². The highest BCUT2D eigenvalue weighted by Gasteiger charge is 2.25. The molecule has 0 spiro atoms. The fourth-order valence-electron chi connectivity index (χ4n) is 3.21. The first kappa shape index (κ1) is 17.2.